The summed E-state index contributed by atoms with van der Waals surface area (Å²) in [6, 6.07) is 9.62. The molecule has 5 rings (SSSR count). The van der Waals surface area contributed by atoms with Crippen molar-refractivity contribution in [2.75, 3.05) is 52.5 Å². The van der Waals surface area contributed by atoms with Crippen molar-refractivity contribution in [1.82, 2.24) is 14.7 Å². The molecule has 0 aromatic heterocycles. The molecule has 2 amide bonds. The first kappa shape index (κ1) is 17.5. The molecule has 6 heteroatoms. The van der Waals surface area contributed by atoms with E-state index in [1.165, 1.54) is 0 Å². The molecule has 4 aliphatic heterocycles. The fourth-order valence-corrected chi connectivity index (χ4v) is 4.36. The van der Waals surface area contributed by atoms with E-state index in [4.69, 9.17) is 4.74 Å². The number of hydrogen-bond acceptors (Lipinski definition) is 4. The Morgan fingerprint density at radius 1 is 1.00 bits per heavy atom. The molecule has 0 unspecified atom stereocenters. The Balaban J connectivity index is 1.43. The maximum Gasteiger partial charge on any atom is 0.253 e. The Morgan fingerprint density at radius 3 is 2.54 bits per heavy atom. The van der Waals surface area contributed by atoms with E-state index < -0.39 is 0 Å². The van der Waals surface area contributed by atoms with Gasteiger partial charge in [-0.25, -0.2) is 0 Å². The Bertz CT molecular complexity index is 645. The summed E-state index contributed by atoms with van der Waals surface area (Å²) in [5.41, 5.74) is 0.736. The smallest absolute Gasteiger partial charge is 0.253 e. The second-order valence-corrected chi connectivity index (χ2v) is 7.61. The van der Waals surface area contributed by atoms with E-state index in [0.717, 1.165) is 44.6 Å². The number of morpholine rings is 1. The van der Waals surface area contributed by atoms with Gasteiger partial charge in [0.2, 0.25) is 5.91 Å². The molecule has 140 valence electrons. The van der Waals surface area contributed by atoms with E-state index in [2.05, 4.69) is 4.90 Å². The Labute approximate surface area is 154 Å². The summed E-state index contributed by atoms with van der Waals surface area (Å²) in [6.07, 6.45) is 2.10. The minimum absolute atomic E-state index is 0.0879. The van der Waals surface area contributed by atoms with Gasteiger partial charge in [-0.1, -0.05) is 18.2 Å². The summed E-state index contributed by atoms with van der Waals surface area (Å²) in [5, 5.41) is 0. The van der Waals surface area contributed by atoms with E-state index >= 15 is 0 Å². The second-order valence-electron chi connectivity index (χ2n) is 7.61. The van der Waals surface area contributed by atoms with Crippen molar-refractivity contribution in [2.45, 2.75) is 18.9 Å². The van der Waals surface area contributed by atoms with Crippen LogP contribution in [0.1, 0.15) is 23.2 Å². The van der Waals surface area contributed by atoms with Crippen LogP contribution in [0.2, 0.25) is 0 Å². The second kappa shape index (κ2) is 7.76. The third-order valence-corrected chi connectivity index (χ3v) is 5.80. The fraction of sp³-hybridized carbons (Fsp3) is 0.600. The predicted octanol–water partition coefficient (Wildman–Crippen LogP) is 1.08. The lowest BCUT2D eigenvalue weighted by Crippen LogP contribution is -2.52. The topological polar surface area (TPSA) is 53.1 Å². The maximum absolute atomic E-state index is 12.9. The van der Waals surface area contributed by atoms with Crippen LogP contribution in [0.4, 0.5) is 0 Å². The number of benzene rings is 1. The fourth-order valence-electron chi connectivity index (χ4n) is 4.36. The van der Waals surface area contributed by atoms with Crippen LogP contribution < -0.4 is 0 Å². The molecule has 1 aromatic rings. The number of ether oxygens (including phenoxy) is 1. The molecule has 4 fully saturated rings. The van der Waals surface area contributed by atoms with Crippen molar-refractivity contribution in [3.05, 3.63) is 35.9 Å². The molecule has 0 spiro atoms. The lowest BCUT2D eigenvalue weighted by atomic mass is 9.95. The number of rotatable bonds is 3. The predicted molar refractivity (Wildman–Crippen MR) is 97.8 cm³/mol. The summed E-state index contributed by atoms with van der Waals surface area (Å²) in [5.74, 6) is 0.677. The zero-order chi connectivity index (χ0) is 17.9. The van der Waals surface area contributed by atoms with Gasteiger partial charge in [0.25, 0.3) is 5.91 Å². The highest BCUT2D eigenvalue weighted by atomic mass is 16.5. The molecule has 0 aliphatic carbocycles. The summed E-state index contributed by atoms with van der Waals surface area (Å²) >= 11 is 0. The van der Waals surface area contributed by atoms with Crippen LogP contribution in [0, 0.1) is 5.92 Å². The number of piperidine rings is 1. The van der Waals surface area contributed by atoms with Gasteiger partial charge >= 0.3 is 0 Å². The largest absolute Gasteiger partial charge is 0.379 e. The minimum Gasteiger partial charge on any atom is -0.379 e. The van der Waals surface area contributed by atoms with Crippen LogP contribution in [0.3, 0.4) is 0 Å². The number of fused-ring (bicyclic) bond motifs is 4. The lowest BCUT2D eigenvalue weighted by Gasteiger charge is -2.37. The normalized spacial score (nSPS) is 26.6. The van der Waals surface area contributed by atoms with E-state index in [1.54, 1.807) is 0 Å². The van der Waals surface area contributed by atoms with Gasteiger partial charge in [0.1, 0.15) is 0 Å². The van der Waals surface area contributed by atoms with Crippen LogP contribution in [-0.4, -0.2) is 85.0 Å². The van der Waals surface area contributed by atoms with E-state index in [1.807, 2.05) is 40.1 Å². The van der Waals surface area contributed by atoms with Gasteiger partial charge in [-0.05, 0) is 30.9 Å². The van der Waals surface area contributed by atoms with Gasteiger partial charge in [-0.2, -0.15) is 0 Å². The molecule has 2 atom stereocenters. The molecule has 4 aliphatic rings. The van der Waals surface area contributed by atoms with Crippen molar-refractivity contribution in [3.8, 4) is 0 Å². The van der Waals surface area contributed by atoms with Crippen LogP contribution in [-0.2, 0) is 9.53 Å². The molecule has 4 saturated heterocycles. The molecule has 1 aromatic carbocycles. The first-order valence-electron chi connectivity index (χ1n) is 9.64. The molecule has 0 N–H and O–H groups in total. The van der Waals surface area contributed by atoms with Gasteiger partial charge < -0.3 is 14.5 Å². The summed E-state index contributed by atoms with van der Waals surface area (Å²) in [4.78, 5) is 31.9. The van der Waals surface area contributed by atoms with Crippen LogP contribution in [0.5, 0.6) is 0 Å². The van der Waals surface area contributed by atoms with Crippen LogP contribution in [0.15, 0.2) is 30.3 Å². The molecular weight excluding hydrogens is 330 g/mol. The Hall–Kier alpha value is -1.92. The highest BCUT2D eigenvalue weighted by Crippen LogP contribution is 2.29. The van der Waals surface area contributed by atoms with Crippen molar-refractivity contribution in [3.63, 3.8) is 0 Å². The number of hydrogen-bond donors (Lipinski definition) is 0. The van der Waals surface area contributed by atoms with Gasteiger partial charge in [0, 0.05) is 44.3 Å². The molecule has 0 saturated carbocycles. The van der Waals surface area contributed by atoms with E-state index in [-0.39, 0.29) is 17.9 Å². The number of nitrogens with zero attached hydrogens (tertiary/aromatic N) is 3. The highest BCUT2D eigenvalue weighted by molar-refractivity contribution is 5.94. The van der Waals surface area contributed by atoms with Crippen molar-refractivity contribution in [1.29, 1.82) is 0 Å². The van der Waals surface area contributed by atoms with Crippen molar-refractivity contribution in [2.24, 2.45) is 5.92 Å². The van der Waals surface area contributed by atoms with Crippen LogP contribution in [0.25, 0.3) is 0 Å². The van der Waals surface area contributed by atoms with E-state index in [9.17, 15) is 9.59 Å². The van der Waals surface area contributed by atoms with Gasteiger partial charge in [0.15, 0.2) is 0 Å². The zero-order valence-corrected chi connectivity index (χ0v) is 15.2. The maximum atomic E-state index is 12.9. The summed E-state index contributed by atoms with van der Waals surface area (Å²) < 4.78 is 5.37. The molecule has 6 nitrogen and oxygen atoms in total. The summed E-state index contributed by atoms with van der Waals surface area (Å²) in [6.45, 7) is 5.73. The molecule has 4 heterocycles. The quantitative estimate of drug-likeness (QED) is 0.812. The standard InChI is InChI=1S/C20H27N3O3/c24-19(15-21-8-10-26-11-9-21)23-13-16-6-7-18(23)14-22(12-16)20(25)17-4-2-1-3-5-17/h1-5,16,18H,6-15H2/t16-,18+/m0/s1. The Kier molecular flexibility index (Phi) is 5.22. The van der Waals surface area contributed by atoms with Crippen LogP contribution >= 0.6 is 0 Å². The molecule has 26 heavy (non-hydrogen) atoms. The SMILES string of the molecule is O=C(c1ccccc1)N1C[C@@H]2CC[C@H](C1)N(C(=O)CN1CCOCC1)C2. The number of amides is 2. The highest BCUT2D eigenvalue weighted by Gasteiger charge is 2.39. The minimum atomic E-state index is 0.0879. The first-order valence-corrected chi connectivity index (χ1v) is 9.64. The molecule has 0 radical (unpaired) electrons. The average Bonchev–Trinajstić information content (AvgIpc) is 3.01. The molecular formula is C20H27N3O3. The van der Waals surface area contributed by atoms with Crippen molar-refractivity contribution >= 4 is 11.8 Å². The lowest BCUT2D eigenvalue weighted by molar-refractivity contribution is -0.137. The zero-order valence-electron chi connectivity index (χ0n) is 15.2. The third kappa shape index (κ3) is 3.76. The summed E-state index contributed by atoms with van der Waals surface area (Å²) in [7, 11) is 0. The van der Waals surface area contributed by atoms with Gasteiger partial charge in [-0.3, -0.25) is 14.5 Å². The molecule has 2 bridgehead atoms. The number of carbonyl (C=O) groups excluding carboxylic acids is 2. The Morgan fingerprint density at radius 2 is 1.77 bits per heavy atom. The van der Waals surface area contributed by atoms with Gasteiger partial charge in [0.05, 0.1) is 19.8 Å². The number of carbonyl (C=O) groups is 2. The third-order valence-electron chi connectivity index (χ3n) is 5.80. The first-order chi connectivity index (χ1) is 12.7. The monoisotopic (exact) mass is 357 g/mol. The van der Waals surface area contributed by atoms with E-state index in [0.29, 0.717) is 32.2 Å². The van der Waals surface area contributed by atoms with Crippen molar-refractivity contribution < 1.29 is 14.3 Å². The van der Waals surface area contributed by atoms with Gasteiger partial charge in [-0.15, -0.1) is 0 Å². The average molecular weight is 357 g/mol.